The largest absolute Gasteiger partial charge is 0.497 e. The van der Waals surface area contributed by atoms with Crippen molar-refractivity contribution in [3.8, 4) is 17.1 Å². The Balaban J connectivity index is 1.84. The van der Waals surface area contributed by atoms with E-state index < -0.39 is 17.6 Å². The zero-order chi connectivity index (χ0) is 21.5. The van der Waals surface area contributed by atoms with Gasteiger partial charge in [0.25, 0.3) is 0 Å². The number of methoxy groups -OCH3 is 1. The number of carbonyl (C=O) groups is 2. The Bertz CT molecular complexity index is 1090. The fraction of sp³-hybridized carbons (Fsp3) is 0.143. The first kappa shape index (κ1) is 20.6. The molecule has 0 aliphatic carbocycles. The molecular weight excluding hydrogens is 390 g/mol. The molecule has 0 fully saturated rings. The van der Waals surface area contributed by atoms with Crippen molar-refractivity contribution in [3.63, 3.8) is 0 Å². The van der Waals surface area contributed by atoms with Gasteiger partial charge >= 0.3 is 17.6 Å². The number of hydrogen-bond acceptors (Lipinski definition) is 7. The van der Waals surface area contributed by atoms with E-state index in [9.17, 15) is 14.4 Å². The van der Waals surface area contributed by atoms with Gasteiger partial charge < -0.3 is 14.3 Å². The molecule has 3 rings (SSSR count). The summed E-state index contributed by atoms with van der Waals surface area (Å²) in [6.45, 7) is 1.18. The van der Waals surface area contributed by atoms with Gasteiger partial charge in [0.2, 0.25) is 0 Å². The topological polar surface area (TPSA) is 109 Å². The van der Waals surface area contributed by atoms with Crippen LogP contribution in [0.4, 0.5) is 10.5 Å². The van der Waals surface area contributed by atoms with Crippen molar-refractivity contribution in [1.82, 2.24) is 9.71 Å². The van der Waals surface area contributed by atoms with Crippen LogP contribution >= 0.6 is 0 Å². The summed E-state index contributed by atoms with van der Waals surface area (Å²) in [4.78, 5) is 45.5. The summed E-state index contributed by atoms with van der Waals surface area (Å²) in [6, 6.07) is 15.7. The second kappa shape index (κ2) is 9.37. The van der Waals surface area contributed by atoms with Gasteiger partial charge in [-0.3, -0.25) is 10.1 Å². The Kier molecular flexibility index (Phi) is 6.43. The van der Waals surface area contributed by atoms with E-state index in [1.807, 2.05) is 18.2 Å². The lowest BCUT2D eigenvalue weighted by atomic mass is 10.2. The van der Waals surface area contributed by atoms with Gasteiger partial charge in [0.15, 0.2) is 5.82 Å². The molecule has 0 bridgehead atoms. The summed E-state index contributed by atoms with van der Waals surface area (Å²) in [5.41, 5.74) is 0.319. The molecule has 1 aromatic heterocycles. The van der Waals surface area contributed by atoms with Crippen molar-refractivity contribution in [2.75, 3.05) is 12.4 Å². The predicted molar refractivity (Wildman–Crippen MR) is 108 cm³/mol. The molecule has 3 aromatic rings. The zero-order valence-corrected chi connectivity index (χ0v) is 16.3. The lowest BCUT2D eigenvalue weighted by molar-refractivity contribution is -0.141. The average Bonchev–Trinajstić information content (AvgIpc) is 2.76. The molecule has 0 unspecified atom stereocenters. The highest BCUT2D eigenvalue weighted by molar-refractivity contribution is 5.84. The predicted octanol–water partition coefficient (Wildman–Crippen LogP) is 2.64. The highest BCUT2D eigenvalue weighted by Crippen LogP contribution is 2.20. The first-order valence-corrected chi connectivity index (χ1v) is 8.91. The third kappa shape index (κ3) is 5.02. The molecule has 0 saturated heterocycles. The number of ether oxygens (including phenoxy) is 2. The molecule has 30 heavy (non-hydrogen) atoms. The molecule has 0 radical (unpaired) electrons. The third-order valence-electron chi connectivity index (χ3n) is 3.94. The van der Waals surface area contributed by atoms with Gasteiger partial charge in [-0.2, -0.15) is 0 Å². The van der Waals surface area contributed by atoms with Crippen LogP contribution < -0.4 is 20.5 Å². The smallest absolute Gasteiger partial charge is 0.412 e. The lowest BCUT2D eigenvalue weighted by Crippen LogP contribution is -2.34. The second-order valence-electron chi connectivity index (χ2n) is 6.09. The van der Waals surface area contributed by atoms with Crippen molar-refractivity contribution in [1.29, 1.82) is 0 Å². The van der Waals surface area contributed by atoms with E-state index in [1.165, 1.54) is 13.3 Å². The minimum Gasteiger partial charge on any atom is -0.497 e. The van der Waals surface area contributed by atoms with Gasteiger partial charge in [-0.05, 0) is 29.8 Å². The molecule has 9 nitrogen and oxygen atoms in total. The standard InChI is InChI=1S/C21H19N3O6/c1-14(25)30-24-19(16-8-10-17(28-2)11-9-16)22-12-18(20(24)26)23-21(27)29-13-15-6-4-3-5-7-15/h3-12H,13H2,1-2H3,(H,23,27). The SMILES string of the molecule is COc1ccc(-c2ncc(NC(=O)OCc3ccccc3)c(=O)n2OC(C)=O)cc1. The minimum atomic E-state index is -0.843. The first-order valence-electron chi connectivity index (χ1n) is 8.91. The molecule has 154 valence electrons. The fourth-order valence-corrected chi connectivity index (χ4v) is 2.54. The third-order valence-corrected chi connectivity index (χ3v) is 3.94. The van der Waals surface area contributed by atoms with Gasteiger partial charge in [-0.15, -0.1) is 4.73 Å². The first-order chi connectivity index (χ1) is 14.5. The number of amides is 1. The van der Waals surface area contributed by atoms with Crippen LogP contribution in [0, 0.1) is 0 Å². The van der Waals surface area contributed by atoms with Crippen LogP contribution in [0.3, 0.4) is 0 Å². The van der Waals surface area contributed by atoms with Crippen LogP contribution in [0.1, 0.15) is 12.5 Å². The van der Waals surface area contributed by atoms with E-state index in [0.29, 0.717) is 11.3 Å². The monoisotopic (exact) mass is 409 g/mol. The number of aromatic nitrogens is 2. The van der Waals surface area contributed by atoms with E-state index in [2.05, 4.69) is 10.3 Å². The van der Waals surface area contributed by atoms with Crippen LogP contribution in [-0.2, 0) is 16.1 Å². The van der Waals surface area contributed by atoms with E-state index in [-0.39, 0.29) is 18.1 Å². The van der Waals surface area contributed by atoms with E-state index >= 15 is 0 Å². The van der Waals surface area contributed by atoms with E-state index in [4.69, 9.17) is 14.3 Å². The van der Waals surface area contributed by atoms with E-state index in [1.54, 1.807) is 36.4 Å². The van der Waals surface area contributed by atoms with Gasteiger partial charge in [-0.25, -0.2) is 14.6 Å². The fourth-order valence-electron chi connectivity index (χ4n) is 2.54. The Morgan fingerprint density at radius 3 is 2.40 bits per heavy atom. The molecule has 0 aliphatic heterocycles. The highest BCUT2D eigenvalue weighted by Gasteiger charge is 2.17. The van der Waals surface area contributed by atoms with Crippen molar-refractivity contribution in [3.05, 3.63) is 76.7 Å². The molecule has 2 aromatic carbocycles. The second-order valence-corrected chi connectivity index (χ2v) is 6.09. The minimum absolute atomic E-state index is 0.0299. The molecule has 1 amide bonds. The normalized spacial score (nSPS) is 10.2. The number of benzene rings is 2. The number of anilines is 1. The van der Waals surface area contributed by atoms with E-state index in [0.717, 1.165) is 17.2 Å². The molecule has 1 heterocycles. The molecule has 9 heteroatoms. The molecule has 0 atom stereocenters. The summed E-state index contributed by atoms with van der Waals surface area (Å²) in [5.74, 6) is -0.0295. The molecule has 0 aliphatic rings. The summed E-state index contributed by atoms with van der Waals surface area (Å²) in [5, 5.41) is 2.32. The number of carbonyl (C=O) groups excluding carboxylic acids is 2. The summed E-state index contributed by atoms with van der Waals surface area (Å²) < 4.78 is 10.9. The van der Waals surface area contributed by atoms with Crippen LogP contribution in [0.5, 0.6) is 5.75 Å². The Morgan fingerprint density at radius 2 is 1.77 bits per heavy atom. The number of nitrogens with one attached hydrogen (secondary N) is 1. The lowest BCUT2D eigenvalue weighted by Gasteiger charge is -2.13. The van der Waals surface area contributed by atoms with Gasteiger partial charge in [-0.1, -0.05) is 30.3 Å². The van der Waals surface area contributed by atoms with Crippen molar-refractivity contribution in [2.45, 2.75) is 13.5 Å². The highest BCUT2D eigenvalue weighted by atomic mass is 16.7. The molecule has 0 spiro atoms. The van der Waals surface area contributed by atoms with Crippen LogP contribution in [-0.4, -0.2) is 28.9 Å². The maximum atomic E-state index is 12.8. The van der Waals surface area contributed by atoms with Crippen molar-refractivity contribution in [2.24, 2.45) is 0 Å². The number of rotatable bonds is 6. The molecule has 0 saturated carbocycles. The Labute approximate surface area is 171 Å². The summed E-state index contributed by atoms with van der Waals surface area (Å²) in [6.07, 6.45) is 0.329. The number of nitrogens with zero attached hydrogens (tertiary/aromatic N) is 2. The van der Waals surface area contributed by atoms with Crippen molar-refractivity contribution >= 4 is 17.7 Å². The maximum Gasteiger partial charge on any atom is 0.412 e. The molecule has 1 N–H and O–H groups in total. The summed E-state index contributed by atoms with van der Waals surface area (Å²) in [7, 11) is 1.53. The average molecular weight is 409 g/mol. The van der Waals surface area contributed by atoms with Crippen LogP contribution in [0.25, 0.3) is 11.4 Å². The quantitative estimate of drug-likeness (QED) is 0.667. The van der Waals surface area contributed by atoms with Gasteiger partial charge in [0, 0.05) is 12.5 Å². The maximum absolute atomic E-state index is 12.8. The van der Waals surface area contributed by atoms with Crippen LogP contribution in [0.15, 0.2) is 65.6 Å². The summed E-state index contributed by atoms with van der Waals surface area (Å²) >= 11 is 0. The van der Waals surface area contributed by atoms with Gasteiger partial charge in [0.05, 0.1) is 13.3 Å². The van der Waals surface area contributed by atoms with Gasteiger partial charge in [0.1, 0.15) is 18.0 Å². The zero-order valence-electron chi connectivity index (χ0n) is 16.3. The van der Waals surface area contributed by atoms with Crippen molar-refractivity contribution < 1.29 is 23.9 Å². The van der Waals surface area contributed by atoms with Crippen LogP contribution in [0.2, 0.25) is 0 Å². The molecular formula is C21H19N3O6. The Morgan fingerprint density at radius 1 is 1.07 bits per heavy atom. The number of hydrogen-bond donors (Lipinski definition) is 1. The Hall–Kier alpha value is -4.14.